The molecule has 2 heterocycles. The second-order valence-corrected chi connectivity index (χ2v) is 7.68. The Labute approximate surface area is 165 Å². The van der Waals surface area contributed by atoms with Crippen molar-refractivity contribution >= 4 is 17.8 Å². The number of carbonyl (C=O) groups excluding carboxylic acids is 3. The van der Waals surface area contributed by atoms with Crippen LogP contribution in [0.4, 0.5) is 4.79 Å². The highest BCUT2D eigenvalue weighted by Crippen LogP contribution is 2.30. The zero-order valence-electron chi connectivity index (χ0n) is 16.6. The lowest BCUT2D eigenvalue weighted by Gasteiger charge is -2.38. The van der Waals surface area contributed by atoms with Crippen molar-refractivity contribution in [3.63, 3.8) is 0 Å². The van der Waals surface area contributed by atoms with Crippen molar-refractivity contribution in [2.24, 2.45) is 5.73 Å². The summed E-state index contributed by atoms with van der Waals surface area (Å²) in [7, 11) is 1.56. The third-order valence-corrected chi connectivity index (χ3v) is 5.71. The number of urea groups is 1. The number of benzene rings is 1. The van der Waals surface area contributed by atoms with Crippen LogP contribution in [0, 0.1) is 0 Å². The van der Waals surface area contributed by atoms with Crippen molar-refractivity contribution in [2.45, 2.75) is 50.7 Å². The maximum absolute atomic E-state index is 13.0. The standard InChI is InChI=1S/C20H28N4O4/c1-13(21)16-6-4-5-11-23(16)17(25)12-24-18(26)20(2,22-19(24)27)14-7-9-15(28-3)10-8-14/h7-10,13,16H,4-6,11-12,21H2,1-3H3,(H,22,27). The Kier molecular flexibility index (Phi) is 5.60. The Balaban J connectivity index is 1.76. The van der Waals surface area contributed by atoms with Crippen molar-refractivity contribution < 1.29 is 19.1 Å². The summed E-state index contributed by atoms with van der Waals surface area (Å²) in [5.41, 5.74) is 5.45. The van der Waals surface area contributed by atoms with Gasteiger partial charge in [0.2, 0.25) is 5.91 Å². The number of likely N-dealkylation sites (tertiary alicyclic amines) is 1. The smallest absolute Gasteiger partial charge is 0.325 e. The molecule has 28 heavy (non-hydrogen) atoms. The van der Waals surface area contributed by atoms with Crippen LogP contribution in [0.15, 0.2) is 24.3 Å². The number of rotatable bonds is 5. The van der Waals surface area contributed by atoms with Gasteiger partial charge in [-0.15, -0.1) is 0 Å². The van der Waals surface area contributed by atoms with E-state index in [0.717, 1.165) is 24.2 Å². The van der Waals surface area contributed by atoms with Crippen molar-refractivity contribution in [3.8, 4) is 5.75 Å². The Morgan fingerprint density at radius 1 is 1.32 bits per heavy atom. The molecule has 2 fully saturated rings. The fourth-order valence-electron chi connectivity index (χ4n) is 4.00. The fourth-order valence-corrected chi connectivity index (χ4v) is 4.00. The molecule has 3 unspecified atom stereocenters. The monoisotopic (exact) mass is 388 g/mol. The van der Waals surface area contributed by atoms with Crippen LogP contribution >= 0.6 is 0 Å². The van der Waals surface area contributed by atoms with E-state index in [4.69, 9.17) is 10.5 Å². The summed E-state index contributed by atoms with van der Waals surface area (Å²) in [6.45, 7) is 3.85. The van der Waals surface area contributed by atoms with Crippen LogP contribution in [0.2, 0.25) is 0 Å². The van der Waals surface area contributed by atoms with Crippen LogP contribution in [-0.2, 0) is 15.1 Å². The molecule has 0 bridgehead atoms. The Bertz CT molecular complexity index is 764. The van der Waals surface area contributed by atoms with Gasteiger partial charge in [0.05, 0.1) is 7.11 Å². The first-order valence-corrected chi connectivity index (χ1v) is 9.61. The van der Waals surface area contributed by atoms with Crippen LogP contribution in [0.5, 0.6) is 5.75 Å². The highest BCUT2D eigenvalue weighted by atomic mass is 16.5. The molecule has 4 amide bonds. The number of hydrogen-bond donors (Lipinski definition) is 2. The number of ether oxygens (including phenoxy) is 1. The second-order valence-electron chi connectivity index (χ2n) is 7.68. The van der Waals surface area contributed by atoms with Crippen molar-refractivity contribution in [2.75, 3.05) is 20.2 Å². The molecule has 152 valence electrons. The van der Waals surface area contributed by atoms with Gasteiger partial charge in [-0.3, -0.25) is 14.5 Å². The number of nitrogens with two attached hydrogens (primary N) is 1. The molecular weight excluding hydrogens is 360 g/mol. The molecule has 2 aliphatic rings. The fraction of sp³-hybridized carbons (Fsp3) is 0.550. The van der Waals surface area contributed by atoms with Crippen LogP contribution in [-0.4, -0.2) is 59.9 Å². The Morgan fingerprint density at radius 2 is 2.00 bits per heavy atom. The zero-order valence-corrected chi connectivity index (χ0v) is 16.6. The van der Waals surface area contributed by atoms with E-state index in [2.05, 4.69) is 5.32 Å². The Hall–Kier alpha value is -2.61. The molecule has 2 aliphatic heterocycles. The molecule has 3 atom stereocenters. The van der Waals surface area contributed by atoms with Gasteiger partial charge < -0.3 is 20.7 Å². The van der Waals surface area contributed by atoms with Gasteiger partial charge in [0.15, 0.2) is 0 Å². The summed E-state index contributed by atoms with van der Waals surface area (Å²) in [6.07, 6.45) is 2.76. The largest absolute Gasteiger partial charge is 0.497 e. The average Bonchev–Trinajstić information content (AvgIpc) is 2.92. The number of nitrogens with one attached hydrogen (secondary N) is 1. The molecule has 3 N–H and O–H groups in total. The number of nitrogens with zero attached hydrogens (tertiary/aromatic N) is 2. The van der Waals surface area contributed by atoms with Gasteiger partial charge in [-0.1, -0.05) is 12.1 Å². The minimum atomic E-state index is -1.22. The minimum absolute atomic E-state index is 0.0602. The summed E-state index contributed by atoms with van der Waals surface area (Å²) in [5.74, 6) is -0.0296. The lowest BCUT2D eigenvalue weighted by atomic mass is 9.92. The van der Waals surface area contributed by atoms with E-state index in [-0.39, 0.29) is 24.5 Å². The molecule has 1 aromatic rings. The highest BCUT2D eigenvalue weighted by molar-refractivity contribution is 6.09. The summed E-state index contributed by atoms with van der Waals surface area (Å²) in [5, 5.41) is 2.73. The SMILES string of the molecule is COc1ccc(C2(C)NC(=O)N(CC(=O)N3CCCCC3C(C)N)C2=O)cc1. The molecule has 0 aliphatic carbocycles. The van der Waals surface area contributed by atoms with E-state index >= 15 is 0 Å². The van der Waals surface area contributed by atoms with Crippen LogP contribution < -0.4 is 15.8 Å². The predicted molar refractivity (Wildman–Crippen MR) is 104 cm³/mol. The van der Waals surface area contributed by atoms with Crippen LogP contribution in [0.3, 0.4) is 0 Å². The van der Waals surface area contributed by atoms with Gasteiger partial charge in [-0.05, 0) is 50.8 Å². The van der Waals surface area contributed by atoms with Crippen molar-refractivity contribution in [1.29, 1.82) is 0 Å². The number of carbonyl (C=O) groups is 3. The highest BCUT2D eigenvalue weighted by Gasteiger charge is 2.50. The molecule has 0 aromatic heterocycles. The number of imide groups is 1. The Morgan fingerprint density at radius 3 is 2.61 bits per heavy atom. The molecular formula is C20H28N4O4. The summed E-state index contributed by atoms with van der Waals surface area (Å²) >= 11 is 0. The minimum Gasteiger partial charge on any atom is -0.497 e. The van der Waals surface area contributed by atoms with Gasteiger partial charge in [0, 0.05) is 18.6 Å². The van der Waals surface area contributed by atoms with E-state index in [9.17, 15) is 14.4 Å². The molecule has 8 heteroatoms. The van der Waals surface area contributed by atoms with Gasteiger partial charge in [0.25, 0.3) is 5.91 Å². The number of amides is 4. The summed E-state index contributed by atoms with van der Waals surface area (Å²) in [4.78, 5) is 41.1. The maximum atomic E-state index is 13.0. The number of methoxy groups -OCH3 is 1. The van der Waals surface area contributed by atoms with Gasteiger partial charge in [-0.25, -0.2) is 4.79 Å². The molecule has 2 saturated heterocycles. The molecule has 8 nitrogen and oxygen atoms in total. The van der Waals surface area contributed by atoms with Crippen molar-refractivity contribution in [3.05, 3.63) is 29.8 Å². The average molecular weight is 388 g/mol. The number of hydrogen-bond acceptors (Lipinski definition) is 5. The molecule has 0 saturated carbocycles. The quantitative estimate of drug-likeness (QED) is 0.737. The van der Waals surface area contributed by atoms with Gasteiger partial charge >= 0.3 is 6.03 Å². The lowest BCUT2D eigenvalue weighted by Crippen LogP contribution is -2.54. The molecule has 3 rings (SSSR count). The van der Waals surface area contributed by atoms with E-state index in [1.807, 2.05) is 6.92 Å². The second kappa shape index (κ2) is 7.79. The van der Waals surface area contributed by atoms with Crippen LogP contribution in [0.1, 0.15) is 38.7 Å². The molecule has 0 radical (unpaired) electrons. The summed E-state index contributed by atoms with van der Waals surface area (Å²) < 4.78 is 5.14. The first kappa shape index (κ1) is 20.1. The summed E-state index contributed by atoms with van der Waals surface area (Å²) in [6, 6.07) is 6.15. The third kappa shape index (κ3) is 3.56. The topological polar surface area (TPSA) is 105 Å². The first-order valence-electron chi connectivity index (χ1n) is 9.61. The van der Waals surface area contributed by atoms with Gasteiger partial charge in [0.1, 0.15) is 17.8 Å². The van der Waals surface area contributed by atoms with Crippen molar-refractivity contribution in [1.82, 2.24) is 15.1 Å². The predicted octanol–water partition coefficient (Wildman–Crippen LogP) is 1.19. The maximum Gasteiger partial charge on any atom is 0.325 e. The third-order valence-electron chi connectivity index (χ3n) is 5.71. The van der Waals surface area contributed by atoms with Gasteiger partial charge in [-0.2, -0.15) is 0 Å². The normalized spacial score (nSPS) is 26.2. The molecule has 0 spiro atoms. The van der Waals surface area contributed by atoms with E-state index in [0.29, 0.717) is 17.9 Å². The number of piperidine rings is 1. The first-order chi connectivity index (χ1) is 13.3. The van der Waals surface area contributed by atoms with E-state index in [1.165, 1.54) is 0 Å². The zero-order chi connectivity index (χ0) is 20.5. The van der Waals surface area contributed by atoms with E-state index < -0.39 is 17.5 Å². The van der Waals surface area contributed by atoms with Crippen LogP contribution in [0.25, 0.3) is 0 Å². The molecule has 1 aromatic carbocycles. The van der Waals surface area contributed by atoms with E-state index in [1.54, 1.807) is 43.2 Å². The lowest BCUT2D eigenvalue weighted by molar-refractivity contribution is -0.141.